The number of pyridine rings is 1. The van der Waals surface area contributed by atoms with E-state index < -0.39 is 0 Å². The number of carbonyl (C=O) groups excluding carboxylic acids is 1. The van der Waals surface area contributed by atoms with Gasteiger partial charge in [-0.1, -0.05) is 25.1 Å². The third kappa shape index (κ3) is 5.23. The zero-order chi connectivity index (χ0) is 19.8. The molecule has 144 valence electrons. The van der Waals surface area contributed by atoms with E-state index in [1.807, 2.05) is 48.5 Å². The predicted octanol–water partition coefficient (Wildman–Crippen LogP) is 4.17. The smallest absolute Gasteiger partial charge is 0.255 e. The average molecular weight is 377 g/mol. The number of rotatable bonds is 8. The largest absolute Gasteiger partial charge is 0.493 e. The normalized spacial score (nSPS) is 10.3. The van der Waals surface area contributed by atoms with Crippen molar-refractivity contribution in [2.75, 3.05) is 12.3 Å². The first-order valence-corrected chi connectivity index (χ1v) is 9.14. The molecule has 2 aromatic carbocycles. The summed E-state index contributed by atoms with van der Waals surface area (Å²) in [6.45, 7) is 3.12. The molecule has 0 unspecified atom stereocenters. The minimum Gasteiger partial charge on any atom is -0.493 e. The fraction of sp³-hybridized carbons (Fsp3) is 0.182. The quantitative estimate of drug-likeness (QED) is 0.615. The number of ether oxygens (including phenoxy) is 2. The highest BCUT2D eigenvalue weighted by Gasteiger charge is 2.09. The molecule has 0 radical (unpaired) electrons. The van der Waals surface area contributed by atoms with Crippen LogP contribution in [0.5, 0.6) is 17.2 Å². The summed E-state index contributed by atoms with van der Waals surface area (Å²) in [5, 5.41) is 2.84. The summed E-state index contributed by atoms with van der Waals surface area (Å²) in [4.78, 5) is 16.1. The molecule has 0 atom stereocenters. The minimum absolute atomic E-state index is 0.217. The van der Waals surface area contributed by atoms with Crippen molar-refractivity contribution in [3.05, 3.63) is 78.0 Å². The molecule has 1 amide bonds. The number of benzene rings is 2. The van der Waals surface area contributed by atoms with E-state index in [1.54, 1.807) is 18.3 Å². The second kappa shape index (κ2) is 9.41. The molecule has 6 heteroatoms. The van der Waals surface area contributed by atoms with Gasteiger partial charge in [-0.3, -0.25) is 4.79 Å². The van der Waals surface area contributed by atoms with Gasteiger partial charge in [0.2, 0.25) is 0 Å². The van der Waals surface area contributed by atoms with Gasteiger partial charge < -0.3 is 20.5 Å². The Kier molecular flexibility index (Phi) is 6.46. The number of nitrogens with zero attached hydrogens (tertiary/aromatic N) is 1. The molecule has 3 N–H and O–H groups in total. The summed E-state index contributed by atoms with van der Waals surface area (Å²) >= 11 is 0. The standard InChI is InChI=1S/C22H23N3O3/c1-2-13-27-18-5-3-6-19(14-18)28-17-10-8-16(9-11-17)15-25-22(26)20-7-4-12-24-21(20)23/h3-12,14H,2,13,15H2,1H3,(H2,23,24)(H,25,26). The van der Waals surface area contributed by atoms with Crippen molar-refractivity contribution in [1.82, 2.24) is 10.3 Å². The van der Waals surface area contributed by atoms with Gasteiger partial charge >= 0.3 is 0 Å². The van der Waals surface area contributed by atoms with Gasteiger partial charge in [0.15, 0.2) is 0 Å². The lowest BCUT2D eigenvalue weighted by atomic mass is 10.2. The van der Waals surface area contributed by atoms with Gasteiger partial charge in [0.05, 0.1) is 12.2 Å². The van der Waals surface area contributed by atoms with Crippen LogP contribution >= 0.6 is 0 Å². The number of carbonyl (C=O) groups is 1. The Labute approximate surface area is 164 Å². The SMILES string of the molecule is CCCOc1cccc(Oc2ccc(CNC(=O)c3cccnc3N)cc2)c1. The lowest BCUT2D eigenvalue weighted by Crippen LogP contribution is -2.24. The Bertz CT molecular complexity index is 926. The fourth-order valence-corrected chi connectivity index (χ4v) is 2.55. The van der Waals surface area contributed by atoms with Gasteiger partial charge in [-0.2, -0.15) is 0 Å². The molecule has 0 fully saturated rings. The second-order valence-corrected chi connectivity index (χ2v) is 6.19. The molecule has 3 rings (SSSR count). The minimum atomic E-state index is -0.255. The van der Waals surface area contributed by atoms with Crippen LogP contribution in [0.25, 0.3) is 0 Å². The number of amides is 1. The van der Waals surface area contributed by atoms with Gasteiger partial charge in [0.25, 0.3) is 5.91 Å². The summed E-state index contributed by atoms with van der Waals surface area (Å²) in [7, 11) is 0. The van der Waals surface area contributed by atoms with E-state index in [1.165, 1.54) is 0 Å². The zero-order valence-corrected chi connectivity index (χ0v) is 15.7. The van der Waals surface area contributed by atoms with E-state index in [2.05, 4.69) is 17.2 Å². The van der Waals surface area contributed by atoms with Gasteiger partial charge in [0.1, 0.15) is 23.1 Å². The summed E-state index contributed by atoms with van der Waals surface area (Å²) in [6.07, 6.45) is 2.51. The number of anilines is 1. The Balaban J connectivity index is 1.56. The van der Waals surface area contributed by atoms with Crippen LogP contribution in [0, 0.1) is 0 Å². The van der Waals surface area contributed by atoms with E-state index in [0.29, 0.717) is 30.2 Å². The molecule has 0 aliphatic rings. The Morgan fingerprint density at radius 3 is 2.57 bits per heavy atom. The molecular weight excluding hydrogens is 354 g/mol. The fourth-order valence-electron chi connectivity index (χ4n) is 2.55. The van der Waals surface area contributed by atoms with Crippen LogP contribution in [-0.4, -0.2) is 17.5 Å². The lowest BCUT2D eigenvalue weighted by molar-refractivity contribution is 0.0951. The predicted molar refractivity (Wildman–Crippen MR) is 109 cm³/mol. The van der Waals surface area contributed by atoms with Crippen LogP contribution in [0.3, 0.4) is 0 Å². The summed E-state index contributed by atoms with van der Waals surface area (Å²) < 4.78 is 11.5. The van der Waals surface area contributed by atoms with Crippen molar-refractivity contribution >= 4 is 11.7 Å². The van der Waals surface area contributed by atoms with E-state index in [9.17, 15) is 4.79 Å². The molecule has 0 aliphatic carbocycles. The third-order valence-electron chi connectivity index (χ3n) is 3.97. The Morgan fingerprint density at radius 1 is 1.04 bits per heavy atom. The van der Waals surface area contributed by atoms with Gasteiger partial charge in [0, 0.05) is 18.8 Å². The first-order chi connectivity index (χ1) is 13.7. The highest BCUT2D eigenvalue weighted by Crippen LogP contribution is 2.25. The number of hydrogen-bond acceptors (Lipinski definition) is 5. The van der Waals surface area contributed by atoms with Crippen LogP contribution < -0.4 is 20.5 Å². The monoisotopic (exact) mass is 377 g/mol. The van der Waals surface area contributed by atoms with Crippen LogP contribution in [0.1, 0.15) is 29.3 Å². The van der Waals surface area contributed by atoms with Gasteiger partial charge in [-0.25, -0.2) is 4.98 Å². The van der Waals surface area contributed by atoms with E-state index in [-0.39, 0.29) is 11.7 Å². The summed E-state index contributed by atoms with van der Waals surface area (Å²) in [6, 6.07) is 18.4. The van der Waals surface area contributed by atoms with Gasteiger partial charge in [-0.05, 0) is 48.4 Å². The first kappa shape index (κ1) is 19.2. The maximum atomic E-state index is 12.2. The highest BCUT2D eigenvalue weighted by atomic mass is 16.5. The van der Waals surface area contributed by atoms with Crippen molar-refractivity contribution in [2.24, 2.45) is 0 Å². The van der Waals surface area contributed by atoms with Crippen LogP contribution in [0.2, 0.25) is 0 Å². The van der Waals surface area contributed by atoms with Gasteiger partial charge in [-0.15, -0.1) is 0 Å². The van der Waals surface area contributed by atoms with Crippen LogP contribution in [0.4, 0.5) is 5.82 Å². The molecule has 0 saturated carbocycles. The van der Waals surface area contributed by atoms with Crippen molar-refractivity contribution in [3.63, 3.8) is 0 Å². The molecule has 28 heavy (non-hydrogen) atoms. The molecule has 0 saturated heterocycles. The molecule has 3 aromatic rings. The molecule has 1 heterocycles. The number of aromatic nitrogens is 1. The lowest BCUT2D eigenvalue weighted by Gasteiger charge is -2.10. The average Bonchev–Trinajstić information content (AvgIpc) is 2.72. The molecule has 0 aliphatic heterocycles. The molecular formula is C22H23N3O3. The van der Waals surface area contributed by atoms with Crippen molar-refractivity contribution < 1.29 is 14.3 Å². The highest BCUT2D eigenvalue weighted by molar-refractivity contribution is 5.98. The van der Waals surface area contributed by atoms with Crippen molar-refractivity contribution in [1.29, 1.82) is 0 Å². The maximum absolute atomic E-state index is 12.2. The van der Waals surface area contributed by atoms with Crippen molar-refractivity contribution in [3.8, 4) is 17.2 Å². The topological polar surface area (TPSA) is 86.5 Å². The Hall–Kier alpha value is -3.54. The van der Waals surface area contributed by atoms with Crippen LogP contribution in [0.15, 0.2) is 66.9 Å². The third-order valence-corrected chi connectivity index (χ3v) is 3.97. The summed E-state index contributed by atoms with van der Waals surface area (Å²) in [5.74, 6) is 2.16. The van der Waals surface area contributed by atoms with Crippen molar-refractivity contribution in [2.45, 2.75) is 19.9 Å². The number of hydrogen-bond donors (Lipinski definition) is 2. The first-order valence-electron chi connectivity index (χ1n) is 9.14. The zero-order valence-electron chi connectivity index (χ0n) is 15.7. The molecule has 1 aromatic heterocycles. The van der Waals surface area contributed by atoms with Crippen LogP contribution in [-0.2, 0) is 6.54 Å². The number of nitrogens with two attached hydrogens (primary N) is 1. The molecule has 0 bridgehead atoms. The maximum Gasteiger partial charge on any atom is 0.255 e. The van der Waals surface area contributed by atoms with E-state index >= 15 is 0 Å². The summed E-state index contributed by atoms with van der Waals surface area (Å²) in [5.41, 5.74) is 7.04. The Morgan fingerprint density at radius 2 is 1.82 bits per heavy atom. The number of nitrogen functional groups attached to an aromatic ring is 1. The second-order valence-electron chi connectivity index (χ2n) is 6.19. The molecule has 0 spiro atoms. The number of nitrogens with one attached hydrogen (secondary N) is 1. The van der Waals surface area contributed by atoms with E-state index in [0.717, 1.165) is 17.7 Å². The molecule has 6 nitrogen and oxygen atoms in total. The van der Waals surface area contributed by atoms with E-state index in [4.69, 9.17) is 15.2 Å².